The van der Waals surface area contributed by atoms with Crippen LogP contribution in [0.2, 0.25) is 0 Å². The molecule has 0 amide bonds. The second-order valence-electron chi connectivity index (χ2n) is 2.25. The zero-order valence-corrected chi connectivity index (χ0v) is 10.6. The van der Waals surface area contributed by atoms with Crippen LogP contribution < -0.4 is 0 Å². The first kappa shape index (κ1) is 11.5. The highest BCUT2D eigenvalue weighted by Gasteiger charge is 2.19. The van der Waals surface area contributed by atoms with Crippen molar-refractivity contribution in [1.29, 1.82) is 0 Å². The molecule has 0 aliphatic carbocycles. The van der Waals surface area contributed by atoms with Crippen LogP contribution in [0.5, 0.6) is 0 Å². The molecule has 0 saturated heterocycles. The van der Waals surface area contributed by atoms with Gasteiger partial charge in [-0.25, -0.2) is 13.8 Å². The SMILES string of the molecule is OCc1c(I)ncc(I)c1C(F)F. The molecular formula is C7H5F2I2NO. The minimum absolute atomic E-state index is 0.109. The highest BCUT2D eigenvalue weighted by molar-refractivity contribution is 14.1. The largest absolute Gasteiger partial charge is 0.392 e. The number of aliphatic hydroxyl groups is 1. The van der Waals surface area contributed by atoms with Crippen LogP contribution in [0.1, 0.15) is 17.6 Å². The van der Waals surface area contributed by atoms with Crippen LogP contribution in [0.15, 0.2) is 6.20 Å². The van der Waals surface area contributed by atoms with Crippen molar-refractivity contribution >= 4 is 45.2 Å². The molecule has 1 heterocycles. The third-order valence-electron chi connectivity index (χ3n) is 1.50. The van der Waals surface area contributed by atoms with E-state index in [1.807, 2.05) is 22.6 Å². The molecule has 0 spiro atoms. The van der Waals surface area contributed by atoms with Gasteiger partial charge in [0.1, 0.15) is 3.70 Å². The molecule has 0 aliphatic rings. The van der Waals surface area contributed by atoms with Gasteiger partial charge in [-0.1, -0.05) is 0 Å². The minimum Gasteiger partial charge on any atom is -0.392 e. The van der Waals surface area contributed by atoms with Crippen molar-refractivity contribution in [2.24, 2.45) is 0 Å². The van der Waals surface area contributed by atoms with Crippen molar-refractivity contribution in [3.8, 4) is 0 Å². The topological polar surface area (TPSA) is 33.1 Å². The number of aromatic nitrogens is 1. The predicted octanol–water partition coefficient (Wildman–Crippen LogP) is 2.72. The fourth-order valence-electron chi connectivity index (χ4n) is 0.902. The molecule has 1 aromatic heterocycles. The maximum atomic E-state index is 12.5. The Labute approximate surface area is 101 Å². The molecule has 13 heavy (non-hydrogen) atoms. The molecule has 0 aromatic carbocycles. The first-order valence-electron chi connectivity index (χ1n) is 3.29. The third kappa shape index (κ3) is 2.46. The molecule has 0 fully saturated rings. The lowest BCUT2D eigenvalue weighted by Gasteiger charge is -2.09. The number of aliphatic hydroxyl groups excluding tert-OH is 1. The van der Waals surface area contributed by atoms with Gasteiger partial charge in [-0.15, -0.1) is 0 Å². The Balaban J connectivity index is 3.35. The Morgan fingerprint density at radius 2 is 2.08 bits per heavy atom. The van der Waals surface area contributed by atoms with Gasteiger partial charge in [0, 0.05) is 20.9 Å². The molecule has 72 valence electrons. The summed E-state index contributed by atoms with van der Waals surface area (Å²) in [6.45, 7) is -0.401. The van der Waals surface area contributed by atoms with Crippen molar-refractivity contribution in [1.82, 2.24) is 4.98 Å². The maximum absolute atomic E-state index is 12.5. The quantitative estimate of drug-likeness (QED) is 0.600. The number of halogens is 4. The lowest BCUT2D eigenvalue weighted by molar-refractivity contribution is 0.145. The molecule has 1 N–H and O–H groups in total. The molecular weight excluding hydrogens is 406 g/mol. The second kappa shape index (κ2) is 4.78. The van der Waals surface area contributed by atoms with Crippen molar-refractivity contribution in [2.45, 2.75) is 13.0 Å². The van der Waals surface area contributed by atoms with Gasteiger partial charge in [-0.3, -0.25) is 0 Å². The summed E-state index contributed by atoms with van der Waals surface area (Å²) in [5.74, 6) is 0. The van der Waals surface area contributed by atoms with E-state index in [-0.39, 0.29) is 11.1 Å². The van der Waals surface area contributed by atoms with E-state index in [2.05, 4.69) is 4.98 Å². The van der Waals surface area contributed by atoms with E-state index in [1.54, 1.807) is 22.6 Å². The monoisotopic (exact) mass is 411 g/mol. The molecule has 1 rings (SSSR count). The van der Waals surface area contributed by atoms with E-state index < -0.39 is 13.0 Å². The Kier molecular flexibility index (Phi) is 4.23. The van der Waals surface area contributed by atoms with E-state index in [9.17, 15) is 8.78 Å². The van der Waals surface area contributed by atoms with Crippen molar-refractivity contribution in [2.75, 3.05) is 0 Å². The number of pyridine rings is 1. The van der Waals surface area contributed by atoms with E-state index in [0.29, 0.717) is 7.27 Å². The van der Waals surface area contributed by atoms with Gasteiger partial charge >= 0.3 is 0 Å². The van der Waals surface area contributed by atoms with Crippen molar-refractivity contribution in [3.63, 3.8) is 0 Å². The van der Waals surface area contributed by atoms with Crippen LogP contribution in [0.3, 0.4) is 0 Å². The van der Waals surface area contributed by atoms with E-state index >= 15 is 0 Å². The lowest BCUT2D eigenvalue weighted by Crippen LogP contribution is -2.03. The molecule has 0 bridgehead atoms. The number of hydrogen-bond donors (Lipinski definition) is 1. The molecule has 0 radical (unpaired) electrons. The summed E-state index contributed by atoms with van der Waals surface area (Å²) in [6, 6.07) is 0. The first-order valence-corrected chi connectivity index (χ1v) is 5.45. The third-order valence-corrected chi connectivity index (χ3v) is 3.29. The fraction of sp³-hybridized carbons (Fsp3) is 0.286. The van der Waals surface area contributed by atoms with E-state index in [0.717, 1.165) is 0 Å². The highest BCUT2D eigenvalue weighted by atomic mass is 127. The van der Waals surface area contributed by atoms with Gasteiger partial charge < -0.3 is 5.11 Å². The Hall–Kier alpha value is 0.430. The summed E-state index contributed by atoms with van der Waals surface area (Å²) in [7, 11) is 0. The molecule has 0 unspecified atom stereocenters. The van der Waals surface area contributed by atoms with Gasteiger partial charge in [0.2, 0.25) is 0 Å². The number of nitrogens with zero attached hydrogens (tertiary/aromatic N) is 1. The Morgan fingerprint density at radius 1 is 1.46 bits per heavy atom. The second-order valence-corrected chi connectivity index (χ2v) is 4.43. The van der Waals surface area contributed by atoms with Crippen LogP contribution in [0.25, 0.3) is 0 Å². The Bertz CT molecular complexity index is 320. The average Bonchev–Trinajstić information content (AvgIpc) is 2.07. The summed E-state index contributed by atoms with van der Waals surface area (Å²) in [6.07, 6.45) is -1.19. The van der Waals surface area contributed by atoms with Crippen molar-refractivity contribution in [3.05, 3.63) is 24.6 Å². The summed E-state index contributed by atoms with van der Waals surface area (Å²) >= 11 is 3.61. The van der Waals surface area contributed by atoms with Gasteiger partial charge in [0.05, 0.1) is 6.61 Å². The standard InChI is InChI=1S/C7H5F2I2NO/c8-6(9)5-3(2-13)7(11)12-1-4(5)10/h1,6,13H,2H2. The zero-order chi connectivity index (χ0) is 10.0. The van der Waals surface area contributed by atoms with Gasteiger partial charge in [-0.2, -0.15) is 0 Å². The molecule has 6 heteroatoms. The van der Waals surface area contributed by atoms with Crippen LogP contribution >= 0.6 is 45.2 Å². The van der Waals surface area contributed by atoms with Crippen LogP contribution in [-0.4, -0.2) is 10.1 Å². The fourth-order valence-corrected chi connectivity index (χ4v) is 2.20. The van der Waals surface area contributed by atoms with Crippen molar-refractivity contribution < 1.29 is 13.9 Å². The molecule has 1 aromatic rings. The zero-order valence-electron chi connectivity index (χ0n) is 6.27. The summed E-state index contributed by atoms with van der Waals surface area (Å²) < 4.78 is 25.8. The van der Waals surface area contributed by atoms with Gasteiger partial charge in [-0.05, 0) is 45.2 Å². The number of alkyl halides is 2. The Morgan fingerprint density at radius 3 is 2.46 bits per heavy atom. The van der Waals surface area contributed by atoms with E-state index in [1.165, 1.54) is 6.20 Å². The highest BCUT2D eigenvalue weighted by Crippen LogP contribution is 2.29. The predicted molar refractivity (Wildman–Crippen MR) is 60.6 cm³/mol. The maximum Gasteiger partial charge on any atom is 0.265 e. The van der Waals surface area contributed by atoms with Crippen LogP contribution in [0.4, 0.5) is 8.78 Å². The lowest BCUT2D eigenvalue weighted by atomic mass is 10.1. The smallest absolute Gasteiger partial charge is 0.265 e. The van der Waals surface area contributed by atoms with Gasteiger partial charge in [0.15, 0.2) is 0 Å². The molecule has 0 atom stereocenters. The normalized spacial score (nSPS) is 10.9. The van der Waals surface area contributed by atoms with E-state index in [4.69, 9.17) is 5.11 Å². The summed E-state index contributed by atoms with van der Waals surface area (Å²) in [5, 5.41) is 8.89. The minimum atomic E-state index is -2.56. The molecule has 0 saturated carbocycles. The molecule has 0 aliphatic heterocycles. The molecule has 2 nitrogen and oxygen atoms in total. The summed E-state index contributed by atoms with van der Waals surface area (Å²) in [4.78, 5) is 3.88. The van der Waals surface area contributed by atoms with Crippen LogP contribution in [-0.2, 0) is 6.61 Å². The average molecular weight is 411 g/mol. The first-order chi connectivity index (χ1) is 6.07. The number of rotatable bonds is 2. The van der Waals surface area contributed by atoms with Gasteiger partial charge in [0.25, 0.3) is 6.43 Å². The number of hydrogen-bond acceptors (Lipinski definition) is 2. The van der Waals surface area contributed by atoms with Crippen LogP contribution in [0, 0.1) is 7.27 Å². The summed E-state index contributed by atoms with van der Waals surface area (Å²) in [5.41, 5.74) is 0.116.